The first kappa shape index (κ1) is 17.9. The number of alkyl halides is 3. The number of hydrogen-bond donors (Lipinski definition) is 2. The molecule has 1 aliphatic rings. The number of hydrogen-bond acceptors (Lipinski definition) is 4. The molecule has 8 heteroatoms. The van der Waals surface area contributed by atoms with Crippen LogP contribution in [0.25, 0.3) is 0 Å². The summed E-state index contributed by atoms with van der Waals surface area (Å²) in [5.74, 6) is -1.26. The molecule has 2 aromatic carbocycles. The first-order chi connectivity index (χ1) is 12.1. The van der Waals surface area contributed by atoms with Crippen LogP contribution < -0.4 is 0 Å². The Balaban J connectivity index is 2.03. The minimum Gasteiger partial charge on any atom is -0.508 e. The summed E-state index contributed by atoms with van der Waals surface area (Å²) in [5.41, 5.74) is -2.33. The van der Waals surface area contributed by atoms with Crippen molar-refractivity contribution in [1.29, 1.82) is 0 Å². The van der Waals surface area contributed by atoms with E-state index in [0.717, 1.165) is 17.7 Å². The SMILES string of the molecule is Cc1ccc(C2=NN(C(=O)c3ccc(O)cc3)C(O)(C(F)(F)F)C2)cc1. The fourth-order valence-electron chi connectivity index (χ4n) is 2.61. The molecule has 0 radical (unpaired) electrons. The molecule has 0 saturated carbocycles. The second-order valence-electron chi connectivity index (χ2n) is 6.07. The molecule has 0 aromatic heterocycles. The minimum absolute atomic E-state index is 0.0445. The van der Waals surface area contributed by atoms with E-state index in [1.165, 1.54) is 12.1 Å². The van der Waals surface area contributed by atoms with Gasteiger partial charge in [0.15, 0.2) is 0 Å². The summed E-state index contributed by atoms with van der Waals surface area (Å²) in [4.78, 5) is 12.5. The van der Waals surface area contributed by atoms with E-state index in [0.29, 0.717) is 5.56 Å². The van der Waals surface area contributed by atoms with Gasteiger partial charge in [-0.1, -0.05) is 29.8 Å². The Kier molecular flexibility index (Phi) is 4.23. The highest BCUT2D eigenvalue weighted by molar-refractivity contribution is 6.05. The molecule has 0 saturated heterocycles. The standard InChI is InChI=1S/C18H15F3N2O3/c1-11-2-4-12(5-3-11)15-10-17(26,18(19,20)21)23(22-15)16(25)13-6-8-14(24)9-7-13/h2-9,24,26H,10H2,1H3. The largest absolute Gasteiger partial charge is 0.508 e. The van der Waals surface area contributed by atoms with Crippen LogP contribution in [0.4, 0.5) is 13.2 Å². The van der Waals surface area contributed by atoms with Gasteiger partial charge in [-0.25, -0.2) is 0 Å². The number of phenolic OH excluding ortho intramolecular Hbond substituents is 1. The lowest BCUT2D eigenvalue weighted by atomic mass is 10.00. The number of halogens is 3. The maximum Gasteiger partial charge on any atom is 0.438 e. The van der Waals surface area contributed by atoms with Gasteiger partial charge in [-0.2, -0.15) is 23.3 Å². The molecule has 3 rings (SSSR count). The number of amides is 1. The van der Waals surface area contributed by atoms with Gasteiger partial charge in [-0.05, 0) is 36.8 Å². The van der Waals surface area contributed by atoms with Gasteiger partial charge in [-0.3, -0.25) is 4.79 Å². The Labute approximate surface area is 147 Å². The summed E-state index contributed by atoms with van der Waals surface area (Å²) >= 11 is 0. The Morgan fingerprint density at radius 2 is 1.69 bits per heavy atom. The molecule has 136 valence electrons. The second kappa shape index (κ2) is 6.14. The third-order valence-corrected chi connectivity index (χ3v) is 4.13. The van der Waals surface area contributed by atoms with Crippen molar-refractivity contribution >= 4 is 11.6 Å². The summed E-state index contributed by atoms with van der Waals surface area (Å²) < 4.78 is 40.6. The van der Waals surface area contributed by atoms with Crippen LogP contribution in [-0.4, -0.2) is 38.7 Å². The van der Waals surface area contributed by atoms with Crippen molar-refractivity contribution in [3.8, 4) is 5.75 Å². The number of nitrogens with zero attached hydrogens (tertiary/aromatic N) is 2. The number of carbonyl (C=O) groups excluding carboxylic acids is 1. The average Bonchev–Trinajstić information content (AvgIpc) is 2.94. The molecule has 2 aromatic rings. The van der Waals surface area contributed by atoms with Gasteiger partial charge in [0.25, 0.3) is 11.6 Å². The van der Waals surface area contributed by atoms with Crippen molar-refractivity contribution in [3.05, 3.63) is 65.2 Å². The molecule has 1 unspecified atom stereocenters. The number of rotatable bonds is 2. The highest BCUT2D eigenvalue weighted by Gasteiger charge is 2.63. The Morgan fingerprint density at radius 1 is 1.12 bits per heavy atom. The summed E-state index contributed by atoms with van der Waals surface area (Å²) in [6.45, 7) is 1.83. The smallest absolute Gasteiger partial charge is 0.438 e. The van der Waals surface area contributed by atoms with E-state index >= 15 is 0 Å². The summed E-state index contributed by atoms with van der Waals surface area (Å²) in [6.07, 6.45) is -5.97. The summed E-state index contributed by atoms with van der Waals surface area (Å²) in [7, 11) is 0. The molecule has 26 heavy (non-hydrogen) atoms. The lowest BCUT2D eigenvalue weighted by molar-refractivity contribution is -0.297. The van der Waals surface area contributed by atoms with E-state index < -0.39 is 24.2 Å². The molecule has 1 aliphatic heterocycles. The molecule has 0 spiro atoms. The van der Waals surface area contributed by atoms with Gasteiger partial charge >= 0.3 is 6.18 Å². The number of aromatic hydroxyl groups is 1. The van der Waals surface area contributed by atoms with E-state index in [1.54, 1.807) is 24.3 Å². The number of hydrazone groups is 1. The first-order valence-corrected chi connectivity index (χ1v) is 7.69. The van der Waals surface area contributed by atoms with E-state index in [1.807, 2.05) is 6.92 Å². The van der Waals surface area contributed by atoms with Crippen LogP contribution in [-0.2, 0) is 0 Å². The van der Waals surface area contributed by atoms with Crippen LogP contribution in [0.5, 0.6) is 5.75 Å². The van der Waals surface area contributed by atoms with Crippen LogP contribution >= 0.6 is 0 Å². The molecule has 1 heterocycles. The molecular formula is C18H15F3N2O3. The zero-order valence-electron chi connectivity index (χ0n) is 13.7. The van der Waals surface area contributed by atoms with Crippen LogP contribution in [0.2, 0.25) is 0 Å². The Hall–Kier alpha value is -2.87. The molecule has 1 atom stereocenters. The lowest BCUT2D eigenvalue weighted by Gasteiger charge is -2.32. The molecule has 0 fully saturated rings. The predicted octanol–water partition coefficient (Wildman–Crippen LogP) is 3.20. The molecule has 5 nitrogen and oxygen atoms in total. The Bertz CT molecular complexity index is 861. The third kappa shape index (κ3) is 3.03. The van der Waals surface area contributed by atoms with Gasteiger partial charge in [0, 0.05) is 5.56 Å². The van der Waals surface area contributed by atoms with Crippen molar-refractivity contribution in [2.45, 2.75) is 25.2 Å². The number of benzene rings is 2. The van der Waals surface area contributed by atoms with Crippen molar-refractivity contribution in [2.24, 2.45) is 5.10 Å². The predicted molar refractivity (Wildman–Crippen MR) is 87.6 cm³/mol. The number of aliphatic hydroxyl groups is 1. The van der Waals surface area contributed by atoms with Crippen LogP contribution in [0, 0.1) is 6.92 Å². The van der Waals surface area contributed by atoms with Crippen molar-refractivity contribution in [3.63, 3.8) is 0 Å². The monoisotopic (exact) mass is 364 g/mol. The highest BCUT2D eigenvalue weighted by Crippen LogP contribution is 2.42. The van der Waals surface area contributed by atoms with Crippen LogP contribution in [0.3, 0.4) is 0 Å². The average molecular weight is 364 g/mol. The molecule has 1 amide bonds. The van der Waals surface area contributed by atoms with E-state index in [-0.39, 0.29) is 22.0 Å². The lowest BCUT2D eigenvalue weighted by Crippen LogP contribution is -2.56. The third-order valence-electron chi connectivity index (χ3n) is 4.13. The molecule has 0 bridgehead atoms. The molecule has 2 N–H and O–H groups in total. The van der Waals surface area contributed by atoms with Crippen molar-refractivity contribution in [1.82, 2.24) is 5.01 Å². The maximum absolute atomic E-state index is 13.5. The zero-order valence-corrected chi connectivity index (χ0v) is 13.7. The van der Waals surface area contributed by atoms with E-state index in [4.69, 9.17) is 0 Å². The zero-order chi connectivity index (χ0) is 19.1. The number of carbonyl (C=O) groups is 1. The van der Waals surface area contributed by atoms with Crippen molar-refractivity contribution in [2.75, 3.05) is 0 Å². The van der Waals surface area contributed by atoms with Gasteiger partial charge in [0.2, 0.25) is 0 Å². The Morgan fingerprint density at radius 3 is 2.23 bits per heavy atom. The van der Waals surface area contributed by atoms with Gasteiger partial charge < -0.3 is 10.2 Å². The normalized spacial score (nSPS) is 20.2. The van der Waals surface area contributed by atoms with Gasteiger partial charge in [0.1, 0.15) is 5.75 Å². The quantitative estimate of drug-likeness (QED) is 0.860. The van der Waals surface area contributed by atoms with E-state index in [2.05, 4.69) is 5.10 Å². The minimum atomic E-state index is -5.10. The fraction of sp³-hybridized carbons (Fsp3) is 0.222. The second-order valence-corrected chi connectivity index (χ2v) is 6.07. The van der Waals surface area contributed by atoms with Crippen LogP contribution in [0.15, 0.2) is 53.6 Å². The van der Waals surface area contributed by atoms with Gasteiger partial charge in [0.05, 0.1) is 12.1 Å². The molecule has 0 aliphatic carbocycles. The maximum atomic E-state index is 13.5. The first-order valence-electron chi connectivity index (χ1n) is 7.69. The summed E-state index contributed by atoms with van der Waals surface area (Å²) in [6, 6.07) is 11.2. The van der Waals surface area contributed by atoms with Crippen LogP contribution in [0.1, 0.15) is 27.9 Å². The number of aryl methyl sites for hydroxylation is 1. The summed E-state index contributed by atoms with van der Waals surface area (Å²) in [5, 5.41) is 23.4. The topological polar surface area (TPSA) is 73.1 Å². The molecular weight excluding hydrogens is 349 g/mol. The van der Waals surface area contributed by atoms with E-state index in [9.17, 15) is 28.2 Å². The number of phenols is 1. The van der Waals surface area contributed by atoms with Gasteiger partial charge in [-0.15, -0.1) is 0 Å². The fourth-order valence-corrected chi connectivity index (χ4v) is 2.61. The highest BCUT2D eigenvalue weighted by atomic mass is 19.4. The van der Waals surface area contributed by atoms with Crippen molar-refractivity contribution < 1.29 is 28.2 Å².